The Labute approximate surface area is 236 Å². The van der Waals surface area contributed by atoms with Crippen molar-refractivity contribution in [2.45, 2.75) is 50.7 Å². The van der Waals surface area contributed by atoms with E-state index in [0.29, 0.717) is 17.9 Å². The molecule has 0 unspecified atom stereocenters. The van der Waals surface area contributed by atoms with Gasteiger partial charge in [0.15, 0.2) is 0 Å². The van der Waals surface area contributed by atoms with E-state index in [4.69, 9.17) is 9.47 Å². The van der Waals surface area contributed by atoms with Crippen LogP contribution in [0, 0.1) is 0 Å². The number of benzene rings is 3. The standard InChI is InChI=1S/C30H37N3O6S/c1-6-26(30(35)31-22(2)3)32(20-23-16-18-24(38-4)19-17-23)29(34)21-33(27-14-10-11-15-28(27)39-5)40(36,37)25-12-8-7-9-13-25/h7-19,22,26H,6,20-21H2,1-5H3,(H,31,35)/t26-/m1/s1. The Hall–Kier alpha value is -4.05. The number of nitrogens with zero attached hydrogens (tertiary/aromatic N) is 2. The van der Waals surface area contributed by atoms with Gasteiger partial charge in [0.2, 0.25) is 11.8 Å². The van der Waals surface area contributed by atoms with Gasteiger partial charge in [0, 0.05) is 12.6 Å². The number of hydrogen-bond acceptors (Lipinski definition) is 6. The molecule has 2 amide bonds. The average molecular weight is 568 g/mol. The highest BCUT2D eigenvalue weighted by Crippen LogP contribution is 2.32. The first-order chi connectivity index (χ1) is 19.1. The summed E-state index contributed by atoms with van der Waals surface area (Å²) in [7, 11) is -1.18. The second kappa shape index (κ2) is 13.8. The minimum atomic E-state index is -4.18. The number of carbonyl (C=O) groups excluding carboxylic acids is 2. The second-order valence-electron chi connectivity index (χ2n) is 9.45. The Bertz CT molecular complexity index is 1380. The Morgan fingerprint density at radius 1 is 0.875 bits per heavy atom. The summed E-state index contributed by atoms with van der Waals surface area (Å²) in [6, 6.07) is 20.7. The zero-order chi connectivity index (χ0) is 29.3. The molecule has 0 spiro atoms. The third-order valence-corrected chi connectivity index (χ3v) is 8.07. The number of sulfonamides is 1. The zero-order valence-corrected chi connectivity index (χ0v) is 24.4. The van der Waals surface area contributed by atoms with Crippen molar-refractivity contribution in [2.75, 3.05) is 25.1 Å². The maximum atomic E-state index is 14.1. The van der Waals surface area contributed by atoms with Crippen molar-refractivity contribution in [3.8, 4) is 11.5 Å². The van der Waals surface area contributed by atoms with E-state index in [-0.39, 0.29) is 29.1 Å². The molecule has 0 aliphatic rings. The Kier molecular flexibility index (Phi) is 10.6. The molecular formula is C30H37N3O6S. The molecule has 0 bridgehead atoms. The minimum absolute atomic E-state index is 0.0278. The molecule has 0 fully saturated rings. The number of hydrogen-bond donors (Lipinski definition) is 1. The molecule has 0 heterocycles. The highest BCUT2D eigenvalue weighted by molar-refractivity contribution is 7.92. The van der Waals surface area contributed by atoms with Crippen molar-refractivity contribution in [1.82, 2.24) is 10.2 Å². The van der Waals surface area contributed by atoms with E-state index < -0.39 is 28.5 Å². The number of amides is 2. The van der Waals surface area contributed by atoms with E-state index in [1.807, 2.05) is 32.9 Å². The first kappa shape index (κ1) is 30.5. The quantitative estimate of drug-likeness (QED) is 0.332. The molecule has 0 aliphatic carbocycles. The number of rotatable bonds is 13. The highest BCUT2D eigenvalue weighted by Gasteiger charge is 2.34. The highest BCUT2D eigenvalue weighted by atomic mass is 32.2. The first-order valence-electron chi connectivity index (χ1n) is 13.1. The van der Waals surface area contributed by atoms with E-state index >= 15 is 0 Å². The van der Waals surface area contributed by atoms with Crippen LogP contribution in [-0.2, 0) is 26.2 Å². The largest absolute Gasteiger partial charge is 0.497 e. The first-order valence-corrected chi connectivity index (χ1v) is 14.5. The molecule has 3 aromatic carbocycles. The average Bonchev–Trinajstić information content (AvgIpc) is 2.96. The molecule has 1 N–H and O–H groups in total. The number of para-hydroxylation sites is 2. The molecule has 3 rings (SSSR count). The Morgan fingerprint density at radius 3 is 2.08 bits per heavy atom. The normalized spacial score (nSPS) is 11.9. The van der Waals surface area contributed by atoms with Crippen LogP contribution in [0.1, 0.15) is 32.8 Å². The van der Waals surface area contributed by atoms with Gasteiger partial charge in [-0.25, -0.2) is 8.42 Å². The van der Waals surface area contributed by atoms with Crippen molar-refractivity contribution in [1.29, 1.82) is 0 Å². The number of methoxy groups -OCH3 is 2. The van der Waals surface area contributed by atoms with Gasteiger partial charge in [0.1, 0.15) is 24.1 Å². The molecule has 10 heteroatoms. The summed E-state index contributed by atoms with van der Waals surface area (Å²) in [6.07, 6.45) is 0.334. The molecular weight excluding hydrogens is 530 g/mol. The summed E-state index contributed by atoms with van der Waals surface area (Å²) in [6.45, 7) is 5.06. The number of nitrogens with one attached hydrogen (secondary N) is 1. The van der Waals surface area contributed by atoms with Gasteiger partial charge in [-0.2, -0.15) is 0 Å². The SMILES string of the molecule is CC[C@H](C(=O)NC(C)C)N(Cc1ccc(OC)cc1)C(=O)CN(c1ccccc1OC)S(=O)(=O)c1ccccc1. The fraction of sp³-hybridized carbons (Fsp3) is 0.333. The minimum Gasteiger partial charge on any atom is -0.497 e. The van der Waals surface area contributed by atoms with Gasteiger partial charge in [0.05, 0.1) is 24.8 Å². The van der Waals surface area contributed by atoms with Gasteiger partial charge in [-0.1, -0.05) is 49.4 Å². The lowest BCUT2D eigenvalue weighted by atomic mass is 10.1. The van der Waals surface area contributed by atoms with Crippen LogP contribution in [0.25, 0.3) is 0 Å². The van der Waals surface area contributed by atoms with E-state index in [0.717, 1.165) is 9.87 Å². The van der Waals surface area contributed by atoms with Crippen molar-refractivity contribution < 1.29 is 27.5 Å². The lowest BCUT2D eigenvalue weighted by Gasteiger charge is -2.33. The molecule has 0 saturated carbocycles. The number of carbonyl (C=O) groups is 2. The van der Waals surface area contributed by atoms with Crippen LogP contribution < -0.4 is 19.1 Å². The van der Waals surface area contributed by atoms with Gasteiger partial charge in [-0.15, -0.1) is 0 Å². The monoisotopic (exact) mass is 567 g/mol. The predicted octanol–water partition coefficient (Wildman–Crippen LogP) is 4.23. The molecule has 40 heavy (non-hydrogen) atoms. The van der Waals surface area contributed by atoms with Gasteiger partial charge in [-0.3, -0.25) is 13.9 Å². The van der Waals surface area contributed by atoms with E-state index in [1.54, 1.807) is 61.7 Å². The van der Waals surface area contributed by atoms with Gasteiger partial charge < -0.3 is 19.7 Å². The van der Waals surface area contributed by atoms with Crippen LogP contribution in [0.2, 0.25) is 0 Å². The van der Waals surface area contributed by atoms with Crippen LogP contribution in [0.5, 0.6) is 11.5 Å². The predicted molar refractivity (Wildman–Crippen MR) is 155 cm³/mol. The summed E-state index contributed by atoms with van der Waals surface area (Å²) in [5, 5.41) is 2.89. The molecule has 0 radical (unpaired) electrons. The molecule has 214 valence electrons. The van der Waals surface area contributed by atoms with Crippen LogP contribution in [0.3, 0.4) is 0 Å². The topological polar surface area (TPSA) is 105 Å². The lowest BCUT2D eigenvalue weighted by Crippen LogP contribution is -2.53. The van der Waals surface area contributed by atoms with Crippen LogP contribution in [0.4, 0.5) is 5.69 Å². The fourth-order valence-electron chi connectivity index (χ4n) is 4.30. The summed E-state index contributed by atoms with van der Waals surface area (Å²) < 4.78 is 39.6. The second-order valence-corrected chi connectivity index (χ2v) is 11.3. The number of anilines is 1. The van der Waals surface area contributed by atoms with Crippen molar-refractivity contribution in [3.05, 3.63) is 84.4 Å². The van der Waals surface area contributed by atoms with Crippen LogP contribution in [-0.4, -0.2) is 58.0 Å². The smallest absolute Gasteiger partial charge is 0.264 e. The molecule has 3 aromatic rings. The van der Waals surface area contributed by atoms with Crippen molar-refractivity contribution >= 4 is 27.5 Å². The molecule has 0 saturated heterocycles. The maximum absolute atomic E-state index is 14.1. The van der Waals surface area contributed by atoms with Crippen molar-refractivity contribution in [2.24, 2.45) is 0 Å². The molecule has 1 atom stereocenters. The third kappa shape index (κ3) is 7.32. The van der Waals surface area contributed by atoms with Crippen molar-refractivity contribution in [3.63, 3.8) is 0 Å². The zero-order valence-electron chi connectivity index (χ0n) is 23.5. The van der Waals surface area contributed by atoms with E-state index in [2.05, 4.69) is 5.32 Å². The third-order valence-electron chi connectivity index (χ3n) is 6.29. The van der Waals surface area contributed by atoms with Gasteiger partial charge >= 0.3 is 0 Å². The van der Waals surface area contributed by atoms with Gasteiger partial charge in [-0.05, 0) is 62.2 Å². The summed E-state index contributed by atoms with van der Waals surface area (Å²) >= 11 is 0. The van der Waals surface area contributed by atoms with Crippen LogP contribution in [0.15, 0.2) is 83.8 Å². The number of ether oxygens (including phenoxy) is 2. The summed E-state index contributed by atoms with van der Waals surface area (Å²) in [5.41, 5.74) is 0.978. The van der Waals surface area contributed by atoms with Gasteiger partial charge in [0.25, 0.3) is 10.0 Å². The van der Waals surface area contributed by atoms with Crippen LogP contribution >= 0.6 is 0 Å². The summed E-state index contributed by atoms with van der Waals surface area (Å²) in [5.74, 6) is 0.102. The molecule has 9 nitrogen and oxygen atoms in total. The lowest BCUT2D eigenvalue weighted by molar-refractivity contribution is -0.140. The van der Waals surface area contributed by atoms with E-state index in [1.165, 1.54) is 24.1 Å². The Balaban J connectivity index is 2.08. The fourth-order valence-corrected chi connectivity index (χ4v) is 5.74. The molecule has 0 aliphatic heterocycles. The Morgan fingerprint density at radius 2 is 1.50 bits per heavy atom. The summed E-state index contributed by atoms with van der Waals surface area (Å²) in [4.78, 5) is 28.8. The van der Waals surface area contributed by atoms with E-state index in [9.17, 15) is 18.0 Å². The maximum Gasteiger partial charge on any atom is 0.264 e. The molecule has 0 aromatic heterocycles.